The zero-order valence-corrected chi connectivity index (χ0v) is 9.31. The van der Waals surface area contributed by atoms with Gasteiger partial charge in [0.25, 0.3) is 5.91 Å². The predicted octanol–water partition coefficient (Wildman–Crippen LogP) is 2.60. The Kier molecular flexibility index (Phi) is 3.96. The number of benzene rings is 1. The summed E-state index contributed by atoms with van der Waals surface area (Å²) in [6, 6.07) is 0.912. The summed E-state index contributed by atoms with van der Waals surface area (Å²) >= 11 is 0. The number of nitrogens with one attached hydrogen (secondary N) is 1. The van der Waals surface area contributed by atoms with Gasteiger partial charge in [-0.2, -0.15) is 13.2 Å². The molecule has 0 spiro atoms. The van der Waals surface area contributed by atoms with E-state index in [0.717, 1.165) is 0 Å². The molecule has 18 heavy (non-hydrogen) atoms. The van der Waals surface area contributed by atoms with Crippen molar-refractivity contribution in [2.75, 3.05) is 0 Å². The first-order chi connectivity index (χ1) is 8.25. The molecule has 1 atom stereocenters. The molecule has 1 rings (SSSR count). The topological polar surface area (TPSA) is 29.1 Å². The summed E-state index contributed by atoms with van der Waals surface area (Å²) < 4.78 is 50.5. The van der Waals surface area contributed by atoms with E-state index in [1.54, 1.807) is 0 Å². The van der Waals surface area contributed by atoms with Gasteiger partial charge < -0.3 is 5.32 Å². The molecule has 0 aliphatic rings. The van der Waals surface area contributed by atoms with E-state index in [1.807, 2.05) is 0 Å². The van der Waals surface area contributed by atoms with Gasteiger partial charge in [0.05, 0.1) is 17.2 Å². The van der Waals surface area contributed by atoms with Gasteiger partial charge in [-0.1, -0.05) is 5.92 Å². The van der Waals surface area contributed by atoms with E-state index in [2.05, 4.69) is 11.2 Å². The van der Waals surface area contributed by atoms with Gasteiger partial charge in [0, 0.05) is 0 Å². The summed E-state index contributed by atoms with van der Waals surface area (Å²) in [6.07, 6.45) is 0.359. The highest BCUT2D eigenvalue weighted by molar-refractivity contribution is 5.95. The summed E-state index contributed by atoms with van der Waals surface area (Å²) in [5.41, 5.74) is -1.78. The molecule has 1 amide bonds. The van der Waals surface area contributed by atoms with Crippen molar-refractivity contribution in [2.24, 2.45) is 0 Å². The van der Waals surface area contributed by atoms with E-state index in [0.29, 0.717) is 18.2 Å². The molecule has 2 nitrogen and oxygen atoms in total. The van der Waals surface area contributed by atoms with Gasteiger partial charge in [-0.25, -0.2) is 4.39 Å². The maximum absolute atomic E-state index is 13.3. The third-order valence-electron chi connectivity index (χ3n) is 2.14. The Morgan fingerprint density at radius 2 is 2.06 bits per heavy atom. The van der Waals surface area contributed by atoms with Crippen molar-refractivity contribution in [1.82, 2.24) is 5.32 Å². The van der Waals surface area contributed by atoms with Gasteiger partial charge >= 0.3 is 6.18 Å². The van der Waals surface area contributed by atoms with Gasteiger partial charge in [0.1, 0.15) is 5.82 Å². The fourth-order valence-corrected chi connectivity index (χ4v) is 1.19. The highest BCUT2D eigenvalue weighted by Crippen LogP contribution is 2.30. The summed E-state index contributed by atoms with van der Waals surface area (Å²) in [6.45, 7) is 1.45. The molecule has 1 aromatic rings. The van der Waals surface area contributed by atoms with Crippen molar-refractivity contribution >= 4 is 5.91 Å². The lowest BCUT2D eigenvalue weighted by atomic mass is 10.1. The second-order valence-electron chi connectivity index (χ2n) is 3.55. The molecule has 6 heteroatoms. The Morgan fingerprint density at radius 3 is 2.56 bits per heavy atom. The smallest absolute Gasteiger partial charge is 0.339 e. The molecule has 1 N–H and O–H groups in total. The minimum atomic E-state index is -4.64. The molecular weight excluding hydrogens is 250 g/mol. The van der Waals surface area contributed by atoms with Crippen molar-refractivity contribution < 1.29 is 22.4 Å². The van der Waals surface area contributed by atoms with Crippen molar-refractivity contribution in [1.29, 1.82) is 0 Å². The van der Waals surface area contributed by atoms with E-state index in [4.69, 9.17) is 6.42 Å². The lowest BCUT2D eigenvalue weighted by molar-refractivity contribution is -0.137. The first-order valence-electron chi connectivity index (χ1n) is 4.89. The zero-order chi connectivity index (χ0) is 13.9. The minimum Gasteiger partial charge on any atom is -0.339 e. The maximum atomic E-state index is 13.3. The number of rotatable bonds is 2. The van der Waals surface area contributed by atoms with Gasteiger partial charge in [-0.15, -0.1) is 6.42 Å². The van der Waals surface area contributed by atoms with Crippen LogP contribution >= 0.6 is 0 Å². The Bertz CT molecular complexity index is 502. The SMILES string of the molecule is C#CC(C)NC(=O)c1cc(C(F)(F)F)ccc1F. The number of carbonyl (C=O) groups is 1. The Morgan fingerprint density at radius 1 is 1.44 bits per heavy atom. The van der Waals surface area contributed by atoms with Crippen LogP contribution in [0.15, 0.2) is 18.2 Å². The molecule has 96 valence electrons. The number of carbonyl (C=O) groups excluding carboxylic acids is 1. The van der Waals surface area contributed by atoms with E-state index in [-0.39, 0.29) is 0 Å². The van der Waals surface area contributed by atoms with Crippen molar-refractivity contribution in [3.8, 4) is 12.3 Å². The minimum absolute atomic E-state index is 0.452. The number of terminal acetylenes is 1. The summed E-state index contributed by atoms with van der Waals surface area (Å²) in [5, 5.41) is 2.18. The second kappa shape index (κ2) is 5.08. The first-order valence-corrected chi connectivity index (χ1v) is 4.89. The Hall–Kier alpha value is -2.03. The van der Waals surface area contributed by atoms with E-state index < -0.39 is 35.1 Å². The van der Waals surface area contributed by atoms with Crippen molar-refractivity contribution in [3.63, 3.8) is 0 Å². The quantitative estimate of drug-likeness (QED) is 0.642. The molecule has 0 radical (unpaired) electrons. The molecule has 0 bridgehead atoms. The molecule has 0 heterocycles. The van der Waals surface area contributed by atoms with Crippen LogP contribution in [-0.4, -0.2) is 11.9 Å². The zero-order valence-electron chi connectivity index (χ0n) is 9.31. The number of amides is 1. The molecule has 0 fully saturated rings. The van der Waals surface area contributed by atoms with E-state index in [1.165, 1.54) is 6.92 Å². The van der Waals surface area contributed by atoms with Crippen molar-refractivity contribution in [3.05, 3.63) is 35.1 Å². The fraction of sp³-hybridized carbons (Fsp3) is 0.250. The standard InChI is InChI=1S/C12H9F4NO/c1-3-7(2)17-11(18)9-6-8(12(14,15)16)4-5-10(9)13/h1,4-7H,2H3,(H,17,18). The predicted molar refractivity (Wildman–Crippen MR) is 57.2 cm³/mol. The van der Waals surface area contributed by atoms with Crippen LogP contribution in [0.2, 0.25) is 0 Å². The molecule has 0 saturated heterocycles. The average Bonchev–Trinajstić information content (AvgIpc) is 2.27. The Labute approximate surface area is 101 Å². The number of hydrogen-bond acceptors (Lipinski definition) is 1. The lowest BCUT2D eigenvalue weighted by Crippen LogP contribution is -2.32. The van der Waals surface area contributed by atoms with Crippen LogP contribution in [-0.2, 0) is 6.18 Å². The molecule has 1 aromatic carbocycles. The molecule has 1 unspecified atom stereocenters. The number of alkyl halides is 3. The molecule has 0 saturated carbocycles. The maximum Gasteiger partial charge on any atom is 0.416 e. The van der Waals surface area contributed by atoms with E-state index >= 15 is 0 Å². The molecule has 0 aliphatic heterocycles. The molecule has 0 aliphatic carbocycles. The third-order valence-corrected chi connectivity index (χ3v) is 2.14. The highest BCUT2D eigenvalue weighted by Gasteiger charge is 2.32. The molecular formula is C12H9F4NO. The van der Waals surface area contributed by atoms with Crippen molar-refractivity contribution in [2.45, 2.75) is 19.1 Å². The molecule has 0 aromatic heterocycles. The Balaban J connectivity index is 3.09. The monoisotopic (exact) mass is 259 g/mol. The number of halogens is 4. The van der Waals surface area contributed by atoms with Crippen LogP contribution in [0.4, 0.5) is 17.6 Å². The largest absolute Gasteiger partial charge is 0.416 e. The van der Waals surface area contributed by atoms with Crippen LogP contribution < -0.4 is 5.32 Å². The second-order valence-corrected chi connectivity index (χ2v) is 3.55. The average molecular weight is 259 g/mol. The van der Waals surface area contributed by atoms with Crippen LogP contribution in [0.25, 0.3) is 0 Å². The summed E-state index contributed by atoms with van der Waals surface area (Å²) in [5.74, 6) is 0.134. The van der Waals surface area contributed by atoms with Crippen LogP contribution in [0.3, 0.4) is 0 Å². The van der Waals surface area contributed by atoms with Gasteiger partial charge in [0.15, 0.2) is 0 Å². The van der Waals surface area contributed by atoms with Gasteiger partial charge in [-0.05, 0) is 25.1 Å². The summed E-state index contributed by atoms with van der Waals surface area (Å²) in [4.78, 5) is 11.5. The normalized spacial score (nSPS) is 12.7. The highest BCUT2D eigenvalue weighted by atomic mass is 19.4. The number of hydrogen-bond donors (Lipinski definition) is 1. The van der Waals surface area contributed by atoms with Crippen LogP contribution in [0.1, 0.15) is 22.8 Å². The van der Waals surface area contributed by atoms with E-state index in [9.17, 15) is 22.4 Å². The van der Waals surface area contributed by atoms with Crippen LogP contribution in [0, 0.1) is 18.2 Å². The van der Waals surface area contributed by atoms with Gasteiger partial charge in [0.2, 0.25) is 0 Å². The first kappa shape index (κ1) is 14.0. The van der Waals surface area contributed by atoms with Gasteiger partial charge in [-0.3, -0.25) is 4.79 Å². The fourth-order valence-electron chi connectivity index (χ4n) is 1.19. The lowest BCUT2D eigenvalue weighted by Gasteiger charge is -2.11. The third kappa shape index (κ3) is 3.23. The van der Waals surface area contributed by atoms with Crippen LogP contribution in [0.5, 0.6) is 0 Å². The summed E-state index contributed by atoms with van der Waals surface area (Å²) in [7, 11) is 0.